The van der Waals surface area contributed by atoms with Crippen LogP contribution < -0.4 is 10.9 Å². The third-order valence-electron chi connectivity index (χ3n) is 5.42. The normalized spacial score (nSPS) is 11.2. The highest BCUT2D eigenvalue weighted by atomic mass is 16.1. The van der Waals surface area contributed by atoms with Gasteiger partial charge in [-0.2, -0.15) is 4.98 Å². The number of hydrogen-bond donors (Lipinski definition) is 1. The molecule has 1 N–H and O–H groups in total. The molecular weight excluding hydrogens is 386 g/mol. The molecule has 2 aromatic carbocycles. The van der Waals surface area contributed by atoms with Crippen LogP contribution in [0.1, 0.15) is 13.8 Å². The van der Waals surface area contributed by atoms with Gasteiger partial charge in [-0.1, -0.05) is 62.4 Å². The largest absolute Gasteiger partial charge is 0.353 e. The van der Waals surface area contributed by atoms with E-state index in [1.165, 1.54) is 0 Å². The molecule has 0 aliphatic carbocycles. The molecule has 6 nitrogen and oxygen atoms in total. The molecule has 0 aliphatic rings. The fourth-order valence-electron chi connectivity index (χ4n) is 3.70. The van der Waals surface area contributed by atoms with Crippen molar-refractivity contribution in [1.29, 1.82) is 0 Å². The highest BCUT2D eigenvalue weighted by molar-refractivity contribution is 5.92. The lowest BCUT2D eigenvalue weighted by atomic mass is 10.1. The smallest absolute Gasteiger partial charge is 0.256 e. The van der Waals surface area contributed by atoms with Crippen LogP contribution in [-0.2, 0) is 0 Å². The summed E-state index contributed by atoms with van der Waals surface area (Å²) >= 11 is 0. The topological polar surface area (TPSA) is 63.1 Å². The number of likely N-dealkylation sites (N-methyl/N-ethyl adjacent to an activating group) is 1. The van der Waals surface area contributed by atoms with E-state index in [4.69, 9.17) is 9.97 Å². The Bertz CT molecular complexity index is 1200. The van der Waals surface area contributed by atoms with Crippen molar-refractivity contribution in [2.24, 2.45) is 0 Å². The highest BCUT2D eigenvalue weighted by Gasteiger charge is 2.15. The van der Waals surface area contributed by atoms with E-state index in [1.54, 1.807) is 10.6 Å². The van der Waals surface area contributed by atoms with Crippen molar-refractivity contribution in [1.82, 2.24) is 19.4 Å². The minimum atomic E-state index is -0.120. The van der Waals surface area contributed by atoms with Crippen LogP contribution in [0.25, 0.3) is 28.0 Å². The van der Waals surface area contributed by atoms with Crippen LogP contribution in [0, 0.1) is 0 Å². The fraction of sp³-hybridized carbons (Fsp3) is 0.240. The van der Waals surface area contributed by atoms with Gasteiger partial charge in [0.25, 0.3) is 5.56 Å². The first-order valence-corrected chi connectivity index (χ1v) is 10.7. The molecule has 6 heteroatoms. The SMILES string of the molecule is CCN(CC)CCNc1nc(-c2ccccc2)c2ccc(=O)n(-c3ccccc3)c2n1. The molecule has 0 atom stereocenters. The Hall–Kier alpha value is -3.51. The molecule has 4 rings (SSSR count). The van der Waals surface area contributed by atoms with Gasteiger partial charge < -0.3 is 10.2 Å². The monoisotopic (exact) mass is 413 g/mol. The van der Waals surface area contributed by atoms with Crippen LogP contribution in [0.15, 0.2) is 77.6 Å². The minimum absolute atomic E-state index is 0.120. The van der Waals surface area contributed by atoms with E-state index in [9.17, 15) is 4.79 Å². The van der Waals surface area contributed by atoms with Crippen LogP contribution in [0.4, 0.5) is 5.95 Å². The standard InChI is InChI=1S/C25H27N5O/c1-3-29(4-2)18-17-26-25-27-23(19-11-7-5-8-12-19)21-15-16-22(31)30(24(21)28-25)20-13-9-6-10-14-20/h5-16H,3-4,17-18H2,1-2H3,(H,26,27,28). The van der Waals surface area contributed by atoms with Gasteiger partial charge >= 0.3 is 0 Å². The average Bonchev–Trinajstić information content (AvgIpc) is 2.82. The molecule has 0 bridgehead atoms. The van der Waals surface area contributed by atoms with Gasteiger partial charge in [0.15, 0.2) is 5.65 Å². The number of pyridine rings is 1. The summed E-state index contributed by atoms with van der Waals surface area (Å²) in [6.45, 7) is 7.93. The van der Waals surface area contributed by atoms with E-state index in [0.29, 0.717) is 11.6 Å². The van der Waals surface area contributed by atoms with Gasteiger partial charge in [-0.15, -0.1) is 0 Å². The van der Waals surface area contributed by atoms with Crippen LogP contribution in [0.2, 0.25) is 0 Å². The number of hydrogen-bond acceptors (Lipinski definition) is 5. The van der Waals surface area contributed by atoms with Crippen molar-refractivity contribution < 1.29 is 0 Å². The Labute approximate surface area is 182 Å². The zero-order chi connectivity index (χ0) is 21.6. The summed E-state index contributed by atoms with van der Waals surface area (Å²) in [5.74, 6) is 0.522. The Morgan fingerprint density at radius 3 is 2.23 bits per heavy atom. The second-order valence-corrected chi connectivity index (χ2v) is 7.30. The summed E-state index contributed by atoms with van der Waals surface area (Å²) in [5, 5.41) is 4.20. The summed E-state index contributed by atoms with van der Waals surface area (Å²) in [6, 6.07) is 23.0. The van der Waals surface area contributed by atoms with Crippen molar-refractivity contribution in [3.05, 3.63) is 83.2 Å². The number of para-hydroxylation sites is 1. The maximum atomic E-state index is 12.8. The summed E-state index contributed by atoms with van der Waals surface area (Å²) in [5.41, 5.74) is 3.05. The van der Waals surface area contributed by atoms with Gasteiger partial charge in [-0.05, 0) is 31.3 Å². The minimum Gasteiger partial charge on any atom is -0.353 e. The molecule has 0 fully saturated rings. The van der Waals surface area contributed by atoms with Crippen molar-refractivity contribution in [2.45, 2.75) is 13.8 Å². The van der Waals surface area contributed by atoms with Crippen molar-refractivity contribution in [2.75, 3.05) is 31.5 Å². The second-order valence-electron chi connectivity index (χ2n) is 7.30. The third kappa shape index (κ3) is 4.49. The van der Waals surface area contributed by atoms with E-state index in [2.05, 4.69) is 24.1 Å². The lowest BCUT2D eigenvalue weighted by Crippen LogP contribution is -2.29. The number of aromatic nitrogens is 3. The van der Waals surface area contributed by atoms with Gasteiger partial charge in [0.05, 0.1) is 11.4 Å². The van der Waals surface area contributed by atoms with E-state index in [0.717, 1.165) is 48.5 Å². The predicted octanol–water partition coefficient (Wildman–Crippen LogP) is 4.20. The molecule has 4 aromatic rings. The zero-order valence-electron chi connectivity index (χ0n) is 18.0. The van der Waals surface area contributed by atoms with Gasteiger partial charge in [-0.25, -0.2) is 4.98 Å². The average molecular weight is 414 g/mol. The molecule has 31 heavy (non-hydrogen) atoms. The third-order valence-corrected chi connectivity index (χ3v) is 5.42. The second kappa shape index (κ2) is 9.53. The summed E-state index contributed by atoms with van der Waals surface area (Å²) in [7, 11) is 0. The van der Waals surface area contributed by atoms with Gasteiger partial charge in [0.1, 0.15) is 0 Å². The number of rotatable bonds is 8. The molecular formula is C25H27N5O. The van der Waals surface area contributed by atoms with Crippen LogP contribution in [0.3, 0.4) is 0 Å². The van der Waals surface area contributed by atoms with Crippen molar-refractivity contribution in [3.63, 3.8) is 0 Å². The Kier molecular flexibility index (Phi) is 6.38. The molecule has 0 saturated carbocycles. The molecule has 0 spiro atoms. The Balaban J connectivity index is 1.86. The first kappa shape index (κ1) is 20.8. The molecule has 0 unspecified atom stereocenters. The number of fused-ring (bicyclic) bond motifs is 1. The van der Waals surface area contributed by atoms with Gasteiger partial charge in [0, 0.05) is 30.1 Å². The summed E-state index contributed by atoms with van der Waals surface area (Å²) < 4.78 is 1.65. The van der Waals surface area contributed by atoms with E-state index in [1.807, 2.05) is 66.7 Å². The number of benzene rings is 2. The molecule has 158 valence electrons. The lowest BCUT2D eigenvalue weighted by molar-refractivity contribution is 0.316. The zero-order valence-corrected chi connectivity index (χ0v) is 18.0. The van der Waals surface area contributed by atoms with Crippen LogP contribution >= 0.6 is 0 Å². The summed E-state index contributed by atoms with van der Waals surface area (Å²) in [4.78, 5) is 24.8. The quantitative estimate of drug-likeness (QED) is 0.469. The van der Waals surface area contributed by atoms with Crippen molar-refractivity contribution >= 4 is 17.0 Å². The van der Waals surface area contributed by atoms with E-state index >= 15 is 0 Å². The van der Waals surface area contributed by atoms with Gasteiger partial charge in [-0.3, -0.25) is 9.36 Å². The number of anilines is 1. The molecule has 0 amide bonds. The Morgan fingerprint density at radius 2 is 1.55 bits per heavy atom. The van der Waals surface area contributed by atoms with Crippen LogP contribution in [0.5, 0.6) is 0 Å². The first-order chi connectivity index (χ1) is 15.2. The number of nitrogens with one attached hydrogen (secondary N) is 1. The van der Waals surface area contributed by atoms with Gasteiger partial charge in [0.2, 0.25) is 5.95 Å². The predicted molar refractivity (Wildman–Crippen MR) is 127 cm³/mol. The number of nitrogens with zero attached hydrogens (tertiary/aromatic N) is 4. The maximum absolute atomic E-state index is 12.8. The molecule has 0 aliphatic heterocycles. The Morgan fingerprint density at radius 1 is 0.871 bits per heavy atom. The highest BCUT2D eigenvalue weighted by Crippen LogP contribution is 2.27. The van der Waals surface area contributed by atoms with E-state index in [-0.39, 0.29) is 5.56 Å². The van der Waals surface area contributed by atoms with Crippen LogP contribution in [-0.4, -0.2) is 45.6 Å². The molecule has 0 radical (unpaired) electrons. The maximum Gasteiger partial charge on any atom is 0.256 e. The lowest BCUT2D eigenvalue weighted by Gasteiger charge is -2.18. The fourth-order valence-corrected chi connectivity index (χ4v) is 3.70. The van der Waals surface area contributed by atoms with E-state index < -0.39 is 0 Å². The molecule has 0 saturated heterocycles. The first-order valence-electron chi connectivity index (χ1n) is 10.7. The van der Waals surface area contributed by atoms with Crippen molar-refractivity contribution in [3.8, 4) is 16.9 Å². The summed E-state index contributed by atoms with van der Waals surface area (Å²) in [6.07, 6.45) is 0. The molecule has 2 aromatic heterocycles. The molecule has 2 heterocycles.